The van der Waals surface area contributed by atoms with Gasteiger partial charge in [0.15, 0.2) is 5.15 Å². The molecule has 4 heterocycles. The number of anilines is 2. The van der Waals surface area contributed by atoms with Crippen molar-refractivity contribution in [2.24, 2.45) is 0 Å². The van der Waals surface area contributed by atoms with Gasteiger partial charge in [-0.15, -0.1) is 0 Å². The maximum atomic E-state index is 13.6. The SMILES string of the molecule is Nc1nc2cc(CN(C(=O)c3cnc(C4CC4)nc3)c3cccnc3Cl)ccc2c2c1COC2. The molecule has 0 atom stereocenters. The van der Waals surface area contributed by atoms with Gasteiger partial charge in [0, 0.05) is 35.5 Å². The Bertz CT molecular complexity index is 1420. The number of benzene rings is 1. The van der Waals surface area contributed by atoms with E-state index in [2.05, 4.69) is 19.9 Å². The lowest BCUT2D eigenvalue weighted by atomic mass is 10.0. The van der Waals surface area contributed by atoms with Crippen molar-refractivity contribution in [3.05, 3.63) is 82.2 Å². The van der Waals surface area contributed by atoms with E-state index in [0.29, 0.717) is 36.2 Å². The van der Waals surface area contributed by atoms with Crippen LogP contribution in [0.4, 0.5) is 11.5 Å². The van der Waals surface area contributed by atoms with Crippen molar-refractivity contribution in [1.82, 2.24) is 19.9 Å². The standard InChI is InChI=1S/C25H21ClN6O2/c26-22-21(2-1-7-28-22)32(25(33)16-9-29-24(30-10-16)15-4-5-15)11-14-3-6-17-18-12-34-13-19(18)23(27)31-20(17)8-14/h1-3,6-10,15H,4-5,11-13H2,(H2,27,31). The number of nitrogens with zero attached hydrogens (tertiary/aromatic N) is 5. The van der Waals surface area contributed by atoms with Gasteiger partial charge in [0.25, 0.3) is 5.91 Å². The van der Waals surface area contributed by atoms with Crippen LogP contribution >= 0.6 is 11.6 Å². The third-order valence-corrected chi connectivity index (χ3v) is 6.56. The number of hydrogen-bond acceptors (Lipinski definition) is 7. The molecule has 1 aliphatic carbocycles. The quantitative estimate of drug-likeness (QED) is 0.428. The summed E-state index contributed by atoms with van der Waals surface area (Å²) in [6.45, 7) is 1.26. The van der Waals surface area contributed by atoms with E-state index in [1.54, 1.807) is 35.6 Å². The molecule has 1 fully saturated rings. The molecule has 2 N–H and O–H groups in total. The van der Waals surface area contributed by atoms with Gasteiger partial charge < -0.3 is 15.4 Å². The number of aromatic nitrogens is 4. The molecule has 4 aromatic rings. The first-order valence-corrected chi connectivity index (χ1v) is 11.5. The lowest BCUT2D eigenvalue weighted by Gasteiger charge is -2.23. The number of carbonyl (C=O) groups excluding carboxylic acids is 1. The summed E-state index contributed by atoms with van der Waals surface area (Å²) in [4.78, 5) is 32.7. The molecule has 1 aliphatic heterocycles. The van der Waals surface area contributed by atoms with Crippen molar-refractivity contribution in [2.75, 3.05) is 10.6 Å². The molecular formula is C25H21ClN6O2. The Labute approximate surface area is 200 Å². The van der Waals surface area contributed by atoms with E-state index < -0.39 is 0 Å². The van der Waals surface area contributed by atoms with Crippen LogP contribution in [0.2, 0.25) is 5.15 Å². The Morgan fingerprint density at radius 1 is 1.12 bits per heavy atom. The van der Waals surface area contributed by atoms with Crippen LogP contribution in [0.25, 0.3) is 10.9 Å². The second-order valence-electron chi connectivity index (χ2n) is 8.61. The summed E-state index contributed by atoms with van der Waals surface area (Å²) in [7, 11) is 0. The van der Waals surface area contributed by atoms with Crippen LogP contribution in [0.3, 0.4) is 0 Å². The number of halogens is 1. The third-order valence-electron chi connectivity index (χ3n) is 6.27. The molecule has 1 saturated carbocycles. The lowest BCUT2D eigenvalue weighted by molar-refractivity contribution is 0.0984. The molecular weight excluding hydrogens is 452 g/mol. The Morgan fingerprint density at radius 3 is 2.68 bits per heavy atom. The second-order valence-corrected chi connectivity index (χ2v) is 8.97. The van der Waals surface area contributed by atoms with Crippen LogP contribution in [0, 0.1) is 0 Å². The first-order chi connectivity index (χ1) is 16.6. The Morgan fingerprint density at radius 2 is 1.91 bits per heavy atom. The number of amides is 1. The fraction of sp³-hybridized carbons (Fsp3) is 0.240. The molecule has 34 heavy (non-hydrogen) atoms. The molecule has 0 unspecified atom stereocenters. The zero-order valence-corrected chi connectivity index (χ0v) is 19.0. The van der Waals surface area contributed by atoms with E-state index in [9.17, 15) is 4.79 Å². The zero-order chi connectivity index (χ0) is 23.2. The molecule has 0 radical (unpaired) electrons. The molecule has 0 spiro atoms. The van der Waals surface area contributed by atoms with E-state index in [-0.39, 0.29) is 17.6 Å². The van der Waals surface area contributed by atoms with E-state index in [1.807, 2.05) is 18.2 Å². The predicted molar refractivity (Wildman–Crippen MR) is 128 cm³/mol. The van der Waals surface area contributed by atoms with Crippen LogP contribution in [-0.4, -0.2) is 25.8 Å². The summed E-state index contributed by atoms with van der Waals surface area (Å²) >= 11 is 6.39. The van der Waals surface area contributed by atoms with Crippen molar-refractivity contribution >= 4 is 39.9 Å². The lowest BCUT2D eigenvalue weighted by Crippen LogP contribution is -2.31. The molecule has 2 aliphatic rings. The van der Waals surface area contributed by atoms with Gasteiger partial charge in [0.05, 0.1) is 36.5 Å². The topological polar surface area (TPSA) is 107 Å². The van der Waals surface area contributed by atoms with Crippen LogP contribution in [0.1, 0.15) is 51.6 Å². The van der Waals surface area contributed by atoms with Crippen molar-refractivity contribution in [2.45, 2.75) is 38.5 Å². The van der Waals surface area contributed by atoms with E-state index in [4.69, 9.17) is 22.1 Å². The van der Waals surface area contributed by atoms with Gasteiger partial charge in [-0.1, -0.05) is 23.7 Å². The Balaban J connectivity index is 1.37. The maximum absolute atomic E-state index is 13.6. The summed E-state index contributed by atoms with van der Waals surface area (Å²) in [5.74, 6) is 1.43. The summed E-state index contributed by atoms with van der Waals surface area (Å²) in [6.07, 6.45) is 6.97. The summed E-state index contributed by atoms with van der Waals surface area (Å²) in [6, 6.07) is 9.46. The minimum Gasteiger partial charge on any atom is -0.383 e. The minimum absolute atomic E-state index is 0.240. The van der Waals surface area contributed by atoms with Crippen molar-refractivity contribution in [3.8, 4) is 0 Å². The molecule has 170 valence electrons. The number of hydrogen-bond donors (Lipinski definition) is 1. The van der Waals surface area contributed by atoms with E-state index in [0.717, 1.165) is 46.3 Å². The maximum Gasteiger partial charge on any atom is 0.261 e. The van der Waals surface area contributed by atoms with E-state index >= 15 is 0 Å². The Kier molecular flexibility index (Phi) is 5.12. The first-order valence-electron chi connectivity index (χ1n) is 11.1. The number of pyridine rings is 2. The predicted octanol–water partition coefficient (Wildman–Crippen LogP) is 4.41. The summed E-state index contributed by atoms with van der Waals surface area (Å²) in [5, 5.41) is 1.25. The van der Waals surface area contributed by atoms with Crippen LogP contribution in [-0.2, 0) is 24.5 Å². The average molecular weight is 473 g/mol. The highest BCUT2D eigenvalue weighted by Gasteiger charge is 2.28. The minimum atomic E-state index is -0.257. The van der Waals surface area contributed by atoms with Gasteiger partial charge in [-0.2, -0.15) is 0 Å². The van der Waals surface area contributed by atoms with Crippen molar-refractivity contribution in [1.29, 1.82) is 0 Å². The number of nitrogen functional groups attached to an aromatic ring is 1. The summed E-state index contributed by atoms with van der Waals surface area (Å²) < 4.78 is 5.57. The van der Waals surface area contributed by atoms with Crippen molar-refractivity contribution < 1.29 is 9.53 Å². The van der Waals surface area contributed by atoms with Gasteiger partial charge >= 0.3 is 0 Å². The van der Waals surface area contributed by atoms with Crippen LogP contribution in [0.5, 0.6) is 0 Å². The fourth-order valence-corrected chi connectivity index (χ4v) is 4.52. The highest BCUT2D eigenvalue weighted by molar-refractivity contribution is 6.32. The van der Waals surface area contributed by atoms with Gasteiger partial charge in [-0.3, -0.25) is 4.79 Å². The number of ether oxygens (including phenoxy) is 1. The fourth-order valence-electron chi connectivity index (χ4n) is 4.30. The second kappa shape index (κ2) is 8.30. The highest BCUT2D eigenvalue weighted by Crippen LogP contribution is 2.38. The molecule has 1 amide bonds. The Hall–Kier alpha value is -3.62. The van der Waals surface area contributed by atoms with Gasteiger partial charge in [-0.05, 0) is 42.2 Å². The number of rotatable bonds is 5. The van der Waals surface area contributed by atoms with Crippen LogP contribution in [0.15, 0.2) is 48.9 Å². The highest BCUT2D eigenvalue weighted by atomic mass is 35.5. The largest absolute Gasteiger partial charge is 0.383 e. The number of carbonyl (C=O) groups is 1. The first kappa shape index (κ1) is 20.9. The van der Waals surface area contributed by atoms with Gasteiger partial charge in [0.1, 0.15) is 11.6 Å². The van der Waals surface area contributed by atoms with E-state index in [1.165, 1.54) is 0 Å². The zero-order valence-electron chi connectivity index (χ0n) is 18.2. The summed E-state index contributed by atoms with van der Waals surface area (Å²) in [5.41, 5.74) is 10.7. The molecule has 3 aromatic heterocycles. The molecule has 6 rings (SSSR count). The molecule has 8 nitrogen and oxygen atoms in total. The number of nitrogens with two attached hydrogens (primary N) is 1. The van der Waals surface area contributed by atoms with Gasteiger partial charge in [-0.25, -0.2) is 19.9 Å². The molecule has 9 heteroatoms. The third kappa shape index (κ3) is 3.74. The molecule has 0 bridgehead atoms. The normalized spacial score (nSPS) is 14.9. The average Bonchev–Trinajstić information content (AvgIpc) is 3.58. The van der Waals surface area contributed by atoms with Crippen LogP contribution < -0.4 is 10.6 Å². The van der Waals surface area contributed by atoms with Gasteiger partial charge in [0.2, 0.25) is 0 Å². The smallest absolute Gasteiger partial charge is 0.261 e. The number of fused-ring (bicyclic) bond motifs is 3. The van der Waals surface area contributed by atoms with Crippen molar-refractivity contribution in [3.63, 3.8) is 0 Å². The monoisotopic (exact) mass is 472 g/mol. The molecule has 0 saturated heterocycles. The molecule has 1 aromatic carbocycles.